The highest BCUT2D eigenvalue weighted by Gasteiger charge is 2.48. The molecule has 4 rings (SSSR count). The van der Waals surface area contributed by atoms with Crippen LogP contribution in [-0.4, -0.2) is 54.2 Å². The molecule has 1 aromatic carbocycles. The molecule has 3 heterocycles. The summed E-state index contributed by atoms with van der Waals surface area (Å²) in [5.74, 6) is -0.0316. The summed E-state index contributed by atoms with van der Waals surface area (Å²) in [6.07, 6.45) is 5.90. The van der Waals surface area contributed by atoms with Crippen LogP contribution in [0.15, 0.2) is 36.5 Å². The lowest BCUT2D eigenvalue weighted by molar-refractivity contribution is -0.860. The number of quaternary nitrogens is 1. The molecule has 2 aliphatic rings. The molecule has 0 spiro atoms. The van der Waals surface area contributed by atoms with Crippen molar-refractivity contribution in [3.05, 3.63) is 47.9 Å². The Morgan fingerprint density at radius 1 is 1.24 bits per heavy atom. The van der Waals surface area contributed by atoms with E-state index in [1.54, 1.807) is 25.4 Å². The Morgan fingerprint density at radius 2 is 2.07 bits per heavy atom. The van der Waals surface area contributed by atoms with Crippen molar-refractivity contribution in [1.82, 2.24) is 10.3 Å². The summed E-state index contributed by atoms with van der Waals surface area (Å²) >= 11 is 0. The highest BCUT2D eigenvalue weighted by molar-refractivity contribution is 5.90. The van der Waals surface area contributed by atoms with Gasteiger partial charge in [0.1, 0.15) is 17.9 Å². The summed E-state index contributed by atoms with van der Waals surface area (Å²) in [4.78, 5) is 17.8. The summed E-state index contributed by atoms with van der Waals surface area (Å²) in [6, 6.07) is 9.04. The number of nitrogens with one attached hydrogen (secondary N) is 1. The maximum absolute atomic E-state index is 15.1. The number of likely N-dealkylation sites (tertiary alicyclic amines) is 1. The van der Waals surface area contributed by atoms with Gasteiger partial charge in [0.25, 0.3) is 0 Å². The van der Waals surface area contributed by atoms with Gasteiger partial charge in [-0.2, -0.15) is 0 Å². The summed E-state index contributed by atoms with van der Waals surface area (Å²) in [7, 11) is 1.56. The first-order valence-corrected chi connectivity index (χ1v) is 10.5. The molecule has 5 nitrogen and oxygen atoms in total. The van der Waals surface area contributed by atoms with Crippen molar-refractivity contribution in [3.8, 4) is 17.0 Å². The third kappa shape index (κ3) is 3.79. The normalized spacial score (nSPS) is 26.6. The Bertz CT molecular complexity index is 880. The van der Waals surface area contributed by atoms with Gasteiger partial charge in [-0.05, 0) is 50.1 Å². The fraction of sp³-hybridized carbons (Fsp3) is 0.478. The molecule has 1 unspecified atom stereocenters. The topological polar surface area (TPSA) is 51.2 Å². The van der Waals surface area contributed by atoms with E-state index in [2.05, 4.69) is 17.2 Å². The molecule has 6 heteroatoms. The lowest BCUT2D eigenvalue weighted by Crippen LogP contribution is -2.59. The van der Waals surface area contributed by atoms with Crippen LogP contribution in [0.1, 0.15) is 43.0 Å². The molecule has 154 valence electrons. The van der Waals surface area contributed by atoms with Crippen LogP contribution < -0.4 is 10.1 Å². The van der Waals surface area contributed by atoms with Crippen LogP contribution in [0.3, 0.4) is 0 Å². The standard InChI is InChI=1S/C23H29FN3O2/c1-16-5-4-12-27(16,15-19-6-3-11-25-19)23(28)20-9-7-17(13-21(20)24)18-8-10-22(29-2)26-14-18/h7-10,13-14,16,19,25H,3-6,11-12,15H2,1-2H3/q+1/t16-,19+,27?/m1/s1. The molecular formula is C23H29FN3O2+. The Hall–Kier alpha value is -2.31. The van der Waals surface area contributed by atoms with Crippen LogP contribution in [0.25, 0.3) is 11.1 Å². The molecule has 1 amide bonds. The fourth-order valence-corrected chi connectivity index (χ4v) is 4.88. The number of halogens is 1. The van der Waals surface area contributed by atoms with E-state index in [9.17, 15) is 4.79 Å². The molecular weight excluding hydrogens is 369 g/mol. The number of amides is 1. The lowest BCUT2D eigenvalue weighted by atomic mass is 10.0. The van der Waals surface area contributed by atoms with Gasteiger partial charge in [-0.15, -0.1) is 0 Å². The monoisotopic (exact) mass is 398 g/mol. The van der Waals surface area contributed by atoms with Crippen molar-refractivity contribution >= 4 is 5.91 Å². The van der Waals surface area contributed by atoms with Crippen LogP contribution in [0, 0.1) is 5.82 Å². The molecule has 2 fully saturated rings. The van der Waals surface area contributed by atoms with Crippen molar-refractivity contribution in [2.75, 3.05) is 26.7 Å². The van der Waals surface area contributed by atoms with E-state index >= 15 is 4.39 Å². The number of rotatable bonds is 5. The van der Waals surface area contributed by atoms with Gasteiger partial charge in [-0.3, -0.25) is 4.48 Å². The van der Waals surface area contributed by atoms with E-state index in [1.807, 2.05) is 12.1 Å². The third-order valence-electron chi connectivity index (χ3n) is 6.61. The van der Waals surface area contributed by atoms with Gasteiger partial charge >= 0.3 is 5.91 Å². The number of methoxy groups -OCH3 is 1. The van der Waals surface area contributed by atoms with Crippen molar-refractivity contribution in [2.45, 2.75) is 44.7 Å². The van der Waals surface area contributed by atoms with Gasteiger partial charge in [0.15, 0.2) is 0 Å². The zero-order valence-electron chi connectivity index (χ0n) is 17.2. The van der Waals surface area contributed by atoms with Crippen molar-refractivity contribution in [1.29, 1.82) is 0 Å². The number of ether oxygens (including phenoxy) is 1. The first kappa shape index (κ1) is 20.0. The van der Waals surface area contributed by atoms with Crippen LogP contribution in [-0.2, 0) is 0 Å². The highest BCUT2D eigenvalue weighted by Crippen LogP contribution is 2.33. The van der Waals surface area contributed by atoms with Gasteiger partial charge < -0.3 is 10.1 Å². The van der Waals surface area contributed by atoms with E-state index in [4.69, 9.17) is 4.74 Å². The van der Waals surface area contributed by atoms with Gasteiger partial charge in [0, 0.05) is 30.7 Å². The summed E-state index contributed by atoms with van der Waals surface area (Å²) in [5.41, 5.74) is 1.69. The van der Waals surface area contributed by atoms with E-state index < -0.39 is 5.82 Å². The number of aromatic nitrogens is 1. The Labute approximate surface area is 171 Å². The molecule has 1 aromatic heterocycles. The number of carbonyl (C=O) groups is 1. The molecule has 0 radical (unpaired) electrons. The lowest BCUT2D eigenvalue weighted by Gasteiger charge is -2.38. The molecule has 0 saturated carbocycles. The van der Waals surface area contributed by atoms with Crippen LogP contribution in [0.2, 0.25) is 0 Å². The molecule has 2 saturated heterocycles. The zero-order chi connectivity index (χ0) is 20.4. The SMILES string of the molecule is COc1ccc(-c2ccc(C(=O)[N+]3(C[C@@H]4CCCN4)CCC[C@H]3C)c(F)c2)cn1. The highest BCUT2D eigenvalue weighted by atomic mass is 19.1. The number of hydrogen-bond donors (Lipinski definition) is 1. The minimum Gasteiger partial charge on any atom is -0.481 e. The number of pyridine rings is 1. The summed E-state index contributed by atoms with van der Waals surface area (Å²) in [5, 5.41) is 3.51. The fourth-order valence-electron chi connectivity index (χ4n) is 4.88. The molecule has 0 aliphatic carbocycles. The van der Waals surface area contributed by atoms with E-state index in [0.717, 1.165) is 50.9 Å². The predicted molar refractivity (Wildman–Crippen MR) is 110 cm³/mol. The minimum atomic E-state index is -0.459. The molecule has 1 N–H and O–H groups in total. The van der Waals surface area contributed by atoms with Gasteiger partial charge in [-0.1, -0.05) is 6.07 Å². The molecule has 0 bridgehead atoms. The van der Waals surface area contributed by atoms with Crippen LogP contribution in [0.4, 0.5) is 4.39 Å². The second kappa shape index (κ2) is 8.20. The largest absolute Gasteiger partial charge is 0.481 e. The first-order valence-electron chi connectivity index (χ1n) is 10.5. The van der Waals surface area contributed by atoms with Gasteiger partial charge in [-0.25, -0.2) is 14.2 Å². The van der Waals surface area contributed by atoms with E-state index in [-0.39, 0.29) is 17.5 Å². The van der Waals surface area contributed by atoms with Gasteiger partial charge in [0.05, 0.1) is 25.7 Å². The Kier molecular flexibility index (Phi) is 5.65. The second-order valence-electron chi connectivity index (χ2n) is 8.31. The van der Waals surface area contributed by atoms with Crippen molar-refractivity contribution in [3.63, 3.8) is 0 Å². The molecule has 29 heavy (non-hydrogen) atoms. The maximum atomic E-state index is 15.1. The quantitative estimate of drug-likeness (QED) is 0.779. The predicted octanol–water partition coefficient (Wildman–Crippen LogP) is 3.79. The Morgan fingerprint density at radius 3 is 2.66 bits per heavy atom. The first-order chi connectivity index (χ1) is 14.0. The number of hydrogen-bond acceptors (Lipinski definition) is 4. The number of nitrogens with zero attached hydrogens (tertiary/aromatic N) is 2. The average molecular weight is 399 g/mol. The molecule has 2 aromatic rings. The third-order valence-corrected chi connectivity index (χ3v) is 6.61. The van der Waals surface area contributed by atoms with Crippen molar-refractivity contribution < 1.29 is 18.4 Å². The smallest absolute Gasteiger partial charge is 0.349 e. The van der Waals surface area contributed by atoms with E-state index in [0.29, 0.717) is 22.0 Å². The average Bonchev–Trinajstić information content (AvgIpc) is 3.38. The maximum Gasteiger partial charge on any atom is 0.349 e. The van der Waals surface area contributed by atoms with E-state index in [1.165, 1.54) is 6.07 Å². The van der Waals surface area contributed by atoms with Crippen molar-refractivity contribution in [2.24, 2.45) is 0 Å². The molecule has 3 atom stereocenters. The zero-order valence-corrected chi connectivity index (χ0v) is 17.2. The van der Waals surface area contributed by atoms with Crippen LogP contribution in [0.5, 0.6) is 5.88 Å². The second-order valence-corrected chi connectivity index (χ2v) is 8.31. The van der Waals surface area contributed by atoms with Crippen LogP contribution >= 0.6 is 0 Å². The minimum absolute atomic E-state index is 0.0828. The van der Waals surface area contributed by atoms with Gasteiger partial charge in [0.2, 0.25) is 5.88 Å². The molecule has 2 aliphatic heterocycles. The number of benzene rings is 1. The summed E-state index contributed by atoms with van der Waals surface area (Å²) < 4.78 is 20.5. The summed E-state index contributed by atoms with van der Waals surface area (Å²) in [6.45, 7) is 4.69. The Balaban J connectivity index is 1.62. The number of carbonyl (C=O) groups excluding carboxylic acids is 1.